The molecule has 1 heterocycles. The zero-order valence-corrected chi connectivity index (χ0v) is 8.70. The Kier molecular flexibility index (Phi) is 2.83. The summed E-state index contributed by atoms with van der Waals surface area (Å²) in [6.45, 7) is 7.98. The van der Waals surface area contributed by atoms with Crippen LogP contribution in [0.2, 0.25) is 0 Å². The monoisotopic (exact) mass is 187 g/mol. The van der Waals surface area contributed by atoms with Gasteiger partial charge < -0.3 is 0 Å². The molecule has 0 aromatic carbocycles. The van der Waals surface area contributed by atoms with Crippen LogP contribution >= 0.6 is 11.3 Å². The van der Waals surface area contributed by atoms with Crippen LogP contribution in [0.1, 0.15) is 50.2 Å². The molecule has 0 radical (unpaired) electrons. The second-order valence-corrected chi connectivity index (χ2v) is 4.50. The molecule has 0 unspecified atom stereocenters. The third-order valence-electron chi connectivity index (χ3n) is 1.67. The molecule has 0 spiro atoms. The second kappa shape index (κ2) is 3.52. The first kappa shape index (κ1) is 9.65. The van der Waals surface area contributed by atoms with Gasteiger partial charge in [-0.05, 0) is 5.92 Å². The zero-order chi connectivity index (χ0) is 9.30. The molecule has 0 bridgehead atoms. The van der Waals surface area contributed by atoms with E-state index in [1.165, 1.54) is 11.3 Å². The van der Waals surface area contributed by atoms with Crippen LogP contribution in [0.25, 0.3) is 0 Å². The molecule has 0 aliphatic heterocycles. The van der Waals surface area contributed by atoms with Crippen molar-refractivity contribution in [3.63, 3.8) is 0 Å². The lowest BCUT2D eigenvalue weighted by molar-refractivity contribution is 0.616. The van der Waals surface area contributed by atoms with Gasteiger partial charge in [-0.3, -0.25) is 0 Å². The van der Waals surface area contributed by atoms with E-state index in [4.69, 9.17) is 0 Å². The molecule has 3 heteroatoms. The Bertz CT molecular complexity index is 265. The fourth-order valence-corrected chi connectivity index (χ4v) is 1.88. The van der Waals surface area contributed by atoms with Gasteiger partial charge >= 0.3 is 0 Å². The van der Waals surface area contributed by atoms with Gasteiger partial charge in [-0.1, -0.05) is 39.0 Å². The summed E-state index contributed by atoms with van der Waals surface area (Å²) in [5.41, 5.74) is 0.615. The highest BCUT2D eigenvalue weighted by Crippen LogP contribution is 2.27. The minimum absolute atomic E-state index is 0.117. The van der Waals surface area contributed by atoms with Gasteiger partial charge in [0.1, 0.15) is 0 Å². The molecule has 12 heavy (non-hydrogen) atoms. The van der Waals surface area contributed by atoms with Crippen LogP contribution in [0, 0.1) is 5.13 Å². The van der Waals surface area contributed by atoms with Crippen molar-refractivity contribution in [2.45, 2.75) is 39.5 Å². The average Bonchev–Trinajstić information content (AvgIpc) is 2.30. The predicted octanol–water partition coefficient (Wildman–Crippen LogP) is 3.53. The Labute approximate surface area is 76.6 Å². The molecule has 0 saturated heterocycles. The van der Waals surface area contributed by atoms with E-state index >= 15 is 0 Å². The van der Waals surface area contributed by atoms with E-state index in [0.717, 1.165) is 5.01 Å². The first-order valence-electron chi connectivity index (χ1n) is 4.18. The third-order valence-corrected chi connectivity index (χ3v) is 2.83. The highest BCUT2D eigenvalue weighted by Gasteiger charge is 2.15. The van der Waals surface area contributed by atoms with Crippen molar-refractivity contribution < 1.29 is 4.39 Å². The summed E-state index contributed by atoms with van der Waals surface area (Å²) in [7, 11) is 0. The topological polar surface area (TPSA) is 12.9 Å². The van der Waals surface area contributed by atoms with E-state index < -0.39 is 0 Å². The van der Waals surface area contributed by atoms with Gasteiger partial charge in [0.05, 0.1) is 10.7 Å². The number of thiazole rings is 1. The summed E-state index contributed by atoms with van der Waals surface area (Å²) in [5, 5.41) is 0.782. The van der Waals surface area contributed by atoms with Gasteiger partial charge in [0.25, 0.3) is 0 Å². The summed E-state index contributed by atoms with van der Waals surface area (Å²) in [6.07, 6.45) is 0. The van der Waals surface area contributed by atoms with Crippen molar-refractivity contribution in [2.24, 2.45) is 0 Å². The molecular weight excluding hydrogens is 173 g/mol. The Morgan fingerprint density at radius 3 is 2.00 bits per heavy atom. The normalized spacial score (nSPS) is 11.6. The lowest BCUT2D eigenvalue weighted by Gasteiger charge is -1.99. The Morgan fingerprint density at radius 1 is 1.17 bits per heavy atom. The first-order chi connectivity index (χ1) is 5.52. The van der Waals surface area contributed by atoms with Crippen molar-refractivity contribution in [3.05, 3.63) is 15.8 Å². The van der Waals surface area contributed by atoms with Crippen molar-refractivity contribution >= 4 is 11.3 Å². The molecule has 1 nitrogen and oxygen atoms in total. The van der Waals surface area contributed by atoms with Gasteiger partial charge in [-0.2, -0.15) is 4.39 Å². The standard InChI is InChI=1S/C9H14FNS/c1-5(2)7-8(10)12-9(11-7)6(3)4/h5-6H,1-4H3. The van der Waals surface area contributed by atoms with Crippen molar-refractivity contribution in [2.75, 3.05) is 0 Å². The van der Waals surface area contributed by atoms with Gasteiger partial charge in [-0.25, -0.2) is 4.98 Å². The number of hydrogen-bond acceptors (Lipinski definition) is 2. The number of hydrogen-bond donors (Lipinski definition) is 0. The van der Waals surface area contributed by atoms with E-state index in [0.29, 0.717) is 11.6 Å². The molecular formula is C9H14FNS. The highest BCUT2D eigenvalue weighted by molar-refractivity contribution is 7.10. The quantitative estimate of drug-likeness (QED) is 0.690. The molecule has 0 fully saturated rings. The lowest BCUT2D eigenvalue weighted by atomic mass is 10.1. The summed E-state index contributed by atoms with van der Waals surface area (Å²) in [4.78, 5) is 4.25. The summed E-state index contributed by atoms with van der Waals surface area (Å²) >= 11 is 1.17. The van der Waals surface area contributed by atoms with E-state index in [9.17, 15) is 4.39 Å². The Hall–Kier alpha value is -0.440. The molecule has 1 rings (SSSR count). The fourth-order valence-electron chi connectivity index (χ4n) is 0.933. The Balaban J connectivity index is 3.00. The molecule has 68 valence electrons. The summed E-state index contributed by atoms with van der Waals surface area (Å²) < 4.78 is 13.2. The van der Waals surface area contributed by atoms with Crippen LogP contribution in [-0.2, 0) is 0 Å². The highest BCUT2D eigenvalue weighted by atomic mass is 32.1. The molecule has 0 aliphatic rings. The first-order valence-corrected chi connectivity index (χ1v) is 5.00. The zero-order valence-electron chi connectivity index (χ0n) is 7.89. The van der Waals surface area contributed by atoms with Crippen LogP contribution in [0.3, 0.4) is 0 Å². The minimum atomic E-state index is -0.117. The SMILES string of the molecule is CC(C)c1nc(C(C)C)c(F)s1. The van der Waals surface area contributed by atoms with E-state index in [1.54, 1.807) is 0 Å². The summed E-state index contributed by atoms with van der Waals surface area (Å²) in [6, 6.07) is 0. The van der Waals surface area contributed by atoms with Gasteiger partial charge in [0.2, 0.25) is 0 Å². The number of aromatic nitrogens is 1. The average molecular weight is 187 g/mol. The fraction of sp³-hybridized carbons (Fsp3) is 0.667. The minimum Gasteiger partial charge on any atom is -0.243 e. The van der Waals surface area contributed by atoms with Crippen LogP contribution in [-0.4, -0.2) is 4.98 Å². The maximum Gasteiger partial charge on any atom is 0.199 e. The van der Waals surface area contributed by atoms with Crippen LogP contribution < -0.4 is 0 Å². The maximum absolute atomic E-state index is 13.2. The van der Waals surface area contributed by atoms with Crippen molar-refractivity contribution in [1.29, 1.82) is 0 Å². The molecule has 0 aliphatic carbocycles. The van der Waals surface area contributed by atoms with Crippen molar-refractivity contribution in [3.8, 4) is 0 Å². The molecule has 0 amide bonds. The number of rotatable bonds is 2. The third kappa shape index (κ3) is 1.83. The van der Waals surface area contributed by atoms with E-state index in [-0.39, 0.29) is 11.0 Å². The molecule has 0 N–H and O–H groups in total. The molecule has 1 aromatic rings. The van der Waals surface area contributed by atoms with Gasteiger partial charge in [-0.15, -0.1) is 0 Å². The van der Waals surface area contributed by atoms with E-state index in [1.807, 2.05) is 27.7 Å². The van der Waals surface area contributed by atoms with E-state index in [2.05, 4.69) is 4.98 Å². The summed E-state index contributed by atoms with van der Waals surface area (Å²) in [5.74, 6) is 0.519. The molecule has 1 aromatic heterocycles. The Morgan fingerprint density at radius 2 is 1.75 bits per heavy atom. The molecule has 0 atom stereocenters. The van der Waals surface area contributed by atoms with Gasteiger partial charge in [0.15, 0.2) is 5.13 Å². The van der Waals surface area contributed by atoms with Crippen LogP contribution in [0.4, 0.5) is 4.39 Å². The number of nitrogens with zero attached hydrogens (tertiary/aromatic N) is 1. The lowest BCUT2D eigenvalue weighted by Crippen LogP contribution is -1.92. The smallest absolute Gasteiger partial charge is 0.199 e. The van der Waals surface area contributed by atoms with Crippen LogP contribution in [0.5, 0.6) is 0 Å². The van der Waals surface area contributed by atoms with Crippen LogP contribution in [0.15, 0.2) is 0 Å². The molecule has 0 saturated carbocycles. The van der Waals surface area contributed by atoms with Gasteiger partial charge in [0, 0.05) is 5.92 Å². The number of halogens is 1. The van der Waals surface area contributed by atoms with Crippen molar-refractivity contribution in [1.82, 2.24) is 4.98 Å². The maximum atomic E-state index is 13.2. The largest absolute Gasteiger partial charge is 0.243 e. The predicted molar refractivity (Wildman–Crippen MR) is 50.3 cm³/mol. The second-order valence-electron chi connectivity index (χ2n) is 3.52.